The van der Waals surface area contributed by atoms with Gasteiger partial charge in [0.15, 0.2) is 0 Å². The molecular formula is C17H18N4O. The van der Waals surface area contributed by atoms with E-state index in [-0.39, 0.29) is 5.91 Å². The molecule has 112 valence electrons. The van der Waals surface area contributed by atoms with Crippen LogP contribution in [-0.2, 0) is 6.42 Å². The molecule has 0 atom stereocenters. The molecule has 0 saturated heterocycles. The SMILES string of the molecule is CN(C)CCc1cn(C(=O)c2ccncn2)c2ccccc12. The fourth-order valence-electron chi connectivity index (χ4n) is 2.50. The Morgan fingerprint density at radius 1 is 1.23 bits per heavy atom. The number of aromatic nitrogens is 3. The van der Waals surface area contributed by atoms with Crippen molar-refractivity contribution in [2.45, 2.75) is 6.42 Å². The number of benzene rings is 1. The van der Waals surface area contributed by atoms with Gasteiger partial charge in [0.25, 0.3) is 5.91 Å². The van der Waals surface area contributed by atoms with Gasteiger partial charge in [-0.2, -0.15) is 0 Å². The van der Waals surface area contributed by atoms with Gasteiger partial charge in [0, 0.05) is 24.3 Å². The topological polar surface area (TPSA) is 51.0 Å². The van der Waals surface area contributed by atoms with Crippen LogP contribution in [0.5, 0.6) is 0 Å². The second-order valence-corrected chi connectivity index (χ2v) is 5.49. The van der Waals surface area contributed by atoms with Crippen molar-refractivity contribution in [2.75, 3.05) is 20.6 Å². The van der Waals surface area contributed by atoms with Crippen molar-refractivity contribution in [3.8, 4) is 0 Å². The van der Waals surface area contributed by atoms with Crippen LogP contribution in [0.2, 0.25) is 0 Å². The molecule has 0 saturated carbocycles. The van der Waals surface area contributed by atoms with Crippen LogP contribution in [0, 0.1) is 0 Å². The summed E-state index contributed by atoms with van der Waals surface area (Å²) in [5.41, 5.74) is 2.49. The summed E-state index contributed by atoms with van der Waals surface area (Å²) < 4.78 is 1.68. The Balaban J connectivity index is 2.04. The van der Waals surface area contributed by atoms with Crippen molar-refractivity contribution in [2.24, 2.45) is 0 Å². The van der Waals surface area contributed by atoms with E-state index < -0.39 is 0 Å². The zero-order valence-corrected chi connectivity index (χ0v) is 12.7. The number of para-hydroxylation sites is 1. The van der Waals surface area contributed by atoms with Gasteiger partial charge in [-0.1, -0.05) is 18.2 Å². The highest BCUT2D eigenvalue weighted by Gasteiger charge is 2.15. The van der Waals surface area contributed by atoms with Crippen LogP contribution in [0.1, 0.15) is 16.1 Å². The summed E-state index contributed by atoms with van der Waals surface area (Å²) in [7, 11) is 4.09. The third-order valence-electron chi connectivity index (χ3n) is 3.64. The van der Waals surface area contributed by atoms with Gasteiger partial charge in [-0.25, -0.2) is 9.97 Å². The van der Waals surface area contributed by atoms with Gasteiger partial charge < -0.3 is 4.90 Å². The number of nitrogens with zero attached hydrogens (tertiary/aromatic N) is 4. The Labute approximate surface area is 129 Å². The molecule has 0 N–H and O–H groups in total. The summed E-state index contributed by atoms with van der Waals surface area (Å²) >= 11 is 0. The average Bonchev–Trinajstić information content (AvgIpc) is 2.92. The molecule has 0 bridgehead atoms. The predicted molar refractivity (Wildman–Crippen MR) is 86.0 cm³/mol. The second kappa shape index (κ2) is 6.07. The summed E-state index contributed by atoms with van der Waals surface area (Å²) in [6.45, 7) is 0.940. The lowest BCUT2D eigenvalue weighted by Crippen LogP contribution is -2.15. The second-order valence-electron chi connectivity index (χ2n) is 5.49. The van der Waals surface area contributed by atoms with Crippen molar-refractivity contribution >= 4 is 16.8 Å². The minimum absolute atomic E-state index is 0.130. The fourth-order valence-corrected chi connectivity index (χ4v) is 2.50. The van der Waals surface area contributed by atoms with Gasteiger partial charge in [0.2, 0.25) is 0 Å². The van der Waals surface area contributed by atoms with E-state index in [2.05, 4.69) is 20.9 Å². The number of likely N-dealkylation sites (N-methyl/N-ethyl adjacent to an activating group) is 1. The van der Waals surface area contributed by atoms with Crippen molar-refractivity contribution < 1.29 is 4.79 Å². The molecule has 5 nitrogen and oxygen atoms in total. The molecule has 5 heteroatoms. The largest absolute Gasteiger partial charge is 0.309 e. The molecule has 0 fully saturated rings. The van der Waals surface area contributed by atoms with Gasteiger partial charge in [-0.05, 0) is 38.2 Å². The van der Waals surface area contributed by atoms with E-state index >= 15 is 0 Å². The minimum Gasteiger partial charge on any atom is -0.309 e. The molecule has 2 heterocycles. The van der Waals surface area contributed by atoms with E-state index in [1.54, 1.807) is 16.8 Å². The quantitative estimate of drug-likeness (QED) is 0.740. The highest BCUT2D eigenvalue weighted by Crippen LogP contribution is 2.22. The maximum Gasteiger partial charge on any atom is 0.281 e. The Morgan fingerprint density at radius 3 is 2.77 bits per heavy atom. The smallest absolute Gasteiger partial charge is 0.281 e. The van der Waals surface area contributed by atoms with E-state index in [4.69, 9.17) is 0 Å². The van der Waals surface area contributed by atoms with Crippen LogP contribution in [0.15, 0.2) is 49.1 Å². The molecule has 0 aliphatic rings. The molecule has 0 amide bonds. The monoisotopic (exact) mass is 294 g/mol. The lowest BCUT2D eigenvalue weighted by atomic mass is 10.1. The predicted octanol–water partition coefficient (Wildman–Crippen LogP) is 2.22. The summed E-state index contributed by atoms with van der Waals surface area (Å²) in [5, 5.41) is 1.12. The molecule has 22 heavy (non-hydrogen) atoms. The van der Waals surface area contributed by atoms with Gasteiger partial charge in [-0.15, -0.1) is 0 Å². The van der Waals surface area contributed by atoms with Gasteiger partial charge in [0.05, 0.1) is 5.52 Å². The molecular weight excluding hydrogens is 276 g/mol. The number of hydrogen-bond donors (Lipinski definition) is 0. The number of hydrogen-bond acceptors (Lipinski definition) is 4. The Bertz CT molecular complexity index is 793. The summed E-state index contributed by atoms with van der Waals surface area (Å²) in [4.78, 5) is 22.7. The zero-order valence-electron chi connectivity index (χ0n) is 12.7. The van der Waals surface area contributed by atoms with Gasteiger partial charge in [-0.3, -0.25) is 9.36 Å². The molecule has 3 aromatic rings. The van der Waals surface area contributed by atoms with Crippen LogP contribution in [0.25, 0.3) is 10.9 Å². The Hall–Kier alpha value is -2.53. The summed E-state index contributed by atoms with van der Waals surface area (Å²) in [5.74, 6) is -0.130. The van der Waals surface area contributed by atoms with E-state index in [1.165, 1.54) is 11.9 Å². The van der Waals surface area contributed by atoms with Crippen molar-refractivity contribution in [3.63, 3.8) is 0 Å². The highest BCUT2D eigenvalue weighted by molar-refractivity contribution is 6.01. The normalized spacial score (nSPS) is 11.2. The zero-order chi connectivity index (χ0) is 15.5. The lowest BCUT2D eigenvalue weighted by Gasteiger charge is -2.07. The highest BCUT2D eigenvalue weighted by atomic mass is 16.2. The van der Waals surface area contributed by atoms with Crippen LogP contribution in [0.3, 0.4) is 0 Å². The first-order valence-corrected chi connectivity index (χ1v) is 7.21. The summed E-state index contributed by atoms with van der Waals surface area (Å²) in [6.07, 6.45) is 5.81. The molecule has 0 aliphatic heterocycles. The fraction of sp³-hybridized carbons (Fsp3) is 0.235. The first-order chi connectivity index (χ1) is 10.7. The van der Waals surface area contributed by atoms with Gasteiger partial charge >= 0.3 is 0 Å². The maximum atomic E-state index is 12.7. The van der Waals surface area contributed by atoms with E-state index in [0.29, 0.717) is 5.69 Å². The number of carbonyl (C=O) groups excluding carboxylic acids is 1. The van der Waals surface area contributed by atoms with Gasteiger partial charge in [0.1, 0.15) is 12.0 Å². The maximum absolute atomic E-state index is 12.7. The first-order valence-electron chi connectivity index (χ1n) is 7.21. The molecule has 1 aromatic carbocycles. The number of rotatable bonds is 4. The molecule has 0 unspecified atom stereocenters. The standard InChI is InChI=1S/C17H18N4O/c1-20(2)10-8-13-11-21(16-6-4-3-5-14(13)16)17(22)15-7-9-18-12-19-15/h3-7,9,11-12H,8,10H2,1-2H3. The number of carbonyl (C=O) groups is 1. The van der Waals surface area contributed by atoms with Crippen LogP contribution < -0.4 is 0 Å². The van der Waals surface area contributed by atoms with Crippen LogP contribution in [-0.4, -0.2) is 46.0 Å². The Morgan fingerprint density at radius 2 is 2.05 bits per heavy atom. The van der Waals surface area contributed by atoms with E-state index in [1.807, 2.05) is 38.5 Å². The molecule has 0 spiro atoms. The molecule has 2 aromatic heterocycles. The van der Waals surface area contributed by atoms with Crippen molar-refractivity contribution in [3.05, 3.63) is 60.3 Å². The number of fused-ring (bicyclic) bond motifs is 1. The third kappa shape index (κ3) is 2.76. The van der Waals surface area contributed by atoms with Crippen molar-refractivity contribution in [1.82, 2.24) is 19.4 Å². The van der Waals surface area contributed by atoms with Crippen molar-refractivity contribution in [1.29, 1.82) is 0 Å². The van der Waals surface area contributed by atoms with Crippen LogP contribution in [0.4, 0.5) is 0 Å². The lowest BCUT2D eigenvalue weighted by molar-refractivity contribution is 0.0959. The van der Waals surface area contributed by atoms with Crippen LogP contribution >= 0.6 is 0 Å². The minimum atomic E-state index is -0.130. The molecule has 3 rings (SSSR count). The average molecular weight is 294 g/mol. The Kier molecular flexibility index (Phi) is 3.98. The van der Waals surface area contributed by atoms with E-state index in [0.717, 1.165) is 23.9 Å². The van der Waals surface area contributed by atoms with E-state index in [9.17, 15) is 4.79 Å². The molecule has 0 aliphatic carbocycles. The first kappa shape index (κ1) is 14.4. The molecule has 0 radical (unpaired) electrons. The summed E-state index contributed by atoms with van der Waals surface area (Å²) in [6, 6.07) is 9.61. The third-order valence-corrected chi connectivity index (χ3v) is 3.64.